The Morgan fingerprint density at radius 2 is 1.74 bits per heavy atom. The Morgan fingerprint density at radius 3 is 2.49 bits per heavy atom. The van der Waals surface area contributed by atoms with Crippen LogP contribution in [-0.4, -0.2) is 31.3 Å². The van der Waals surface area contributed by atoms with Crippen molar-refractivity contribution in [2.24, 2.45) is 0 Å². The second kappa shape index (κ2) is 9.34. The molecule has 0 unspecified atom stereocenters. The van der Waals surface area contributed by atoms with E-state index in [-0.39, 0.29) is 29.5 Å². The van der Waals surface area contributed by atoms with E-state index in [9.17, 15) is 8.78 Å². The van der Waals surface area contributed by atoms with Crippen molar-refractivity contribution in [1.29, 1.82) is 0 Å². The van der Waals surface area contributed by atoms with Crippen LogP contribution >= 0.6 is 0 Å². The number of aromatic nitrogens is 5. The van der Waals surface area contributed by atoms with Crippen molar-refractivity contribution in [2.75, 3.05) is 17.7 Å². The zero-order chi connectivity index (χ0) is 24.4. The lowest BCUT2D eigenvalue weighted by Gasteiger charge is -2.10. The molecule has 176 valence electrons. The van der Waals surface area contributed by atoms with Gasteiger partial charge in [0, 0.05) is 47.2 Å². The Bertz CT molecular complexity index is 1480. The Morgan fingerprint density at radius 1 is 1.00 bits per heavy atom. The normalized spacial score (nSPS) is 11.1. The molecule has 10 heteroatoms. The van der Waals surface area contributed by atoms with Crippen LogP contribution in [-0.2, 0) is 6.54 Å². The van der Waals surface area contributed by atoms with Gasteiger partial charge in [-0.05, 0) is 25.1 Å². The number of nitrogen functional groups attached to an aromatic ring is 1. The summed E-state index contributed by atoms with van der Waals surface area (Å²) in [4.78, 5) is 12.9. The van der Waals surface area contributed by atoms with Crippen LogP contribution in [0.4, 0.5) is 26.1 Å². The fourth-order valence-corrected chi connectivity index (χ4v) is 3.76. The number of anilines is 3. The summed E-state index contributed by atoms with van der Waals surface area (Å²) in [6, 6.07) is 14.9. The standard InChI is InChI=1S/C25H21F2N7O/c1-2-35-16-11-19(26)18(20(27)12-16)14-34-21-6-4-3-5-17(21)24(33-34)25-31-22(28)13-23(32-25)30-15-7-9-29-10-8-15/h3-13H,2,14H2,1H3,(H3,28,29,30,31,32). The summed E-state index contributed by atoms with van der Waals surface area (Å²) in [7, 11) is 0. The van der Waals surface area contributed by atoms with Crippen molar-refractivity contribution in [2.45, 2.75) is 13.5 Å². The summed E-state index contributed by atoms with van der Waals surface area (Å²) in [6.07, 6.45) is 3.31. The van der Waals surface area contributed by atoms with Gasteiger partial charge >= 0.3 is 0 Å². The van der Waals surface area contributed by atoms with E-state index in [0.29, 0.717) is 23.6 Å². The molecule has 0 aliphatic heterocycles. The molecule has 0 aliphatic rings. The van der Waals surface area contributed by atoms with Crippen molar-refractivity contribution in [3.63, 3.8) is 0 Å². The predicted octanol–water partition coefficient (Wildman–Crippen LogP) is 4.94. The van der Waals surface area contributed by atoms with Crippen LogP contribution in [0.1, 0.15) is 12.5 Å². The SMILES string of the molecule is CCOc1cc(F)c(Cn2nc(-c3nc(N)cc(Nc4ccncc4)n3)c3ccccc32)c(F)c1. The monoisotopic (exact) mass is 473 g/mol. The predicted molar refractivity (Wildman–Crippen MR) is 129 cm³/mol. The van der Waals surface area contributed by atoms with Gasteiger partial charge in [0.1, 0.15) is 34.7 Å². The number of rotatable bonds is 7. The number of hydrogen-bond acceptors (Lipinski definition) is 7. The summed E-state index contributed by atoms with van der Waals surface area (Å²) in [6.45, 7) is 1.93. The molecule has 3 heterocycles. The third-order valence-corrected chi connectivity index (χ3v) is 5.30. The van der Waals surface area contributed by atoms with Crippen molar-refractivity contribution >= 4 is 28.2 Å². The number of fused-ring (bicyclic) bond motifs is 1. The minimum Gasteiger partial charge on any atom is -0.494 e. The molecule has 0 aliphatic carbocycles. The van der Waals surface area contributed by atoms with Gasteiger partial charge in [-0.3, -0.25) is 9.67 Å². The highest BCUT2D eigenvalue weighted by atomic mass is 19.1. The van der Waals surface area contributed by atoms with Gasteiger partial charge < -0.3 is 15.8 Å². The second-order valence-corrected chi connectivity index (χ2v) is 7.68. The third-order valence-electron chi connectivity index (χ3n) is 5.30. The van der Waals surface area contributed by atoms with E-state index in [4.69, 9.17) is 10.5 Å². The lowest BCUT2D eigenvalue weighted by Crippen LogP contribution is -2.07. The van der Waals surface area contributed by atoms with Crippen LogP contribution in [0.2, 0.25) is 0 Å². The number of benzene rings is 2. The molecule has 0 radical (unpaired) electrons. The topological polar surface area (TPSA) is 104 Å². The van der Waals surface area contributed by atoms with Gasteiger partial charge in [-0.15, -0.1) is 0 Å². The van der Waals surface area contributed by atoms with Crippen LogP contribution in [0, 0.1) is 11.6 Å². The molecule has 0 amide bonds. The van der Waals surface area contributed by atoms with E-state index in [0.717, 1.165) is 11.1 Å². The first-order chi connectivity index (χ1) is 17.0. The van der Waals surface area contributed by atoms with Crippen molar-refractivity contribution in [3.8, 4) is 17.3 Å². The number of halogens is 2. The molecule has 0 bridgehead atoms. The minimum atomic E-state index is -0.710. The first kappa shape index (κ1) is 22.2. The first-order valence-electron chi connectivity index (χ1n) is 10.9. The number of nitrogens with two attached hydrogens (primary N) is 1. The molecule has 3 N–H and O–H groups in total. The first-order valence-corrected chi connectivity index (χ1v) is 10.9. The van der Waals surface area contributed by atoms with Crippen LogP contribution in [0.5, 0.6) is 5.75 Å². The zero-order valence-electron chi connectivity index (χ0n) is 18.7. The molecule has 8 nitrogen and oxygen atoms in total. The Kier molecular flexibility index (Phi) is 5.92. The summed E-state index contributed by atoms with van der Waals surface area (Å²) in [5.74, 6) is -0.282. The van der Waals surface area contributed by atoms with E-state index < -0.39 is 11.6 Å². The maximum atomic E-state index is 14.7. The highest BCUT2D eigenvalue weighted by Gasteiger charge is 2.19. The summed E-state index contributed by atoms with van der Waals surface area (Å²) < 4.78 is 36.2. The highest BCUT2D eigenvalue weighted by molar-refractivity contribution is 5.92. The van der Waals surface area contributed by atoms with Gasteiger partial charge in [0.2, 0.25) is 0 Å². The molecule has 0 saturated heterocycles. The Balaban J connectivity index is 1.56. The van der Waals surface area contributed by atoms with E-state index in [1.807, 2.05) is 24.3 Å². The Labute approximate surface area is 199 Å². The number of pyridine rings is 1. The summed E-state index contributed by atoms with van der Waals surface area (Å²) >= 11 is 0. The molecule has 0 saturated carbocycles. The quantitative estimate of drug-likeness (QED) is 0.345. The molecule has 35 heavy (non-hydrogen) atoms. The van der Waals surface area contributed by atoms with Crippen LogP contribution in [0.3, 0.4) is 0 Å². The highest BCUT2D eigenvalue weighted by Crippen LogP contribution is 2.29. The lowest BCUT2D eigenvalue weighted by atomic mass is 10.1. The summed E-state index contributed by atoms with van der Waals surface area (Å²) in [5.41, 5.74) is 7.82. The van der Waals surface area contributed by atoms with E-state index in [1.165, 1.54) is 16.8 Å². The second-order valence-electron chi connectivity index (χ2n) is 7.68. The summed E-state index contributed by atoms with van der Waals surface area (Å²) in [5, 5.41) is 8.50. The Hall–Kier alpha value is -4.60. The molecule has 3 aromatic heterocycles. The fraction of sp³-hybridized carbons (Fsp3) is 0.120. The third kappa shape index (κ3) is 4.58. The number of hydrogen-bond donors (Lipinski definition) is 2. The molecule has 2 aromatic carbocycles. The number of ether oxygens (including phenoxy) is 1. The molecular weight excluding hydrogens is 452 g/mol. The van der Waals surface area contributed by atoms with Crippen LogP contribution < -0.4 is 15.8 Å². The van der Waals surface area contributed by atoms with Crippen LogP contribution in [0.15, 0.2) is 67.0 Å². The number of nitrogens with one attached hydrogen (secondary N) is 1. The lowest BCUT2D eigenvalue weighted by molar-refractivity contribution is 0.335. The van der Waals surface area contributed by atoms with E-state index in [2.05, 4.69) is 25.4 Å². The van der Waals surface area contributed by atoms with Crippen molar-refractivity contribution < 1.29 is 13.5 Å². The maximum absolute atomic E-state index is 14.7. The molecular formula is C25H21F2N7O. The number of para-hydroxylation sites is 1. The van der Waals surface area contributed by atoms with Gasteiger partial charge in [-0.1, -0.05) is 18.2 Å². The average Bonchev–Trinajstić information content (AvgIpc) is 3.20. The van der Waals surface area contributed by atoms with Gasteiger partial charge in [0.15, 0.2) is 5.82 Å². The van der Waals surface area contributed by atoms with Gasteiger partial charge in [0.25, 0.3) is 0 Å². The van der Waals surface area contributed by atoms with Gasteiger partial charge in [0.05, 0.1) is 18.7 Å². The van der Waals surface area contributed by atoms with Gasteiger partial charge in [-0.2, -0.15) is 5.10 Å². The largest absolute Gasteiger partial charge is 0.494 e. The fourth-order valence-electron chi connectivity index (χ4n) is 3.76. The van der Waals surface area contributed by atoms with Crippen LogP contribution in [0.25, 0.3) is 22.4 Å². The van der Waals surface area contributed by atoms with Crippen molar-refractivity contribution in [1.82, 2.24) is 24.7 Å². The average molecular weight is 473 g/mol. The molecule has 0 atom stereocenters. The molecule has 0 fully saturated rings. The smallest absolute Gasteiger partial charge is 0.184 e. The number of nitrogens with zero attached hydrogens (tertiary/aromatic N) is 5. The molecule has 5 rings (SSSR count). The minimum absolute atomic E-state index is 0.123. The van der Waals surface area contributed by atoms with E-state index in [1.54, 1.807) is 37.5 Å². The van der Waals surface area contributed by atoms with E-state index >= 15 is 0 Å². The molecule has 0 spiro atoms. The van der Waals surface area contributed by atoms with Crippen molar-refractivity contribution in [3.05, 3.63) is 84.2 Å². The molecule has 5 aromatic rings. The maximum Gasteiger partial charge on any atom is 0.184 e. The van der Waals surface area contributed by atoms with Gasteiger partial charge in [-0.25, -0.2) is 18.7 Å². The zero-order valence-corrected chi connectivity index (χ0v) is 18.7.